The number of benzene rings is 2. The van der Waals surface area contributed by atoms with Crippen LogP contribution in [0.3, 0.4) is 0 Å². The van der Waals surface area contributed by atoms with E-state index < -0.39 is 26.6 Å². The average Bonchev–Trinajstić information content (AvgIpc) is 2.87. The molecule has 1 N–H and O–H groups in total. The summed E-state index contributed by atoms with van der Waals surface area (Å²) in [4.78, 5) is -0.458. The number of rotatable bonds is 5. The summed E-state index contributed by atoms with van der Waals surface area (Å²) >= 11 is 0. The zero-order valence-corrected chi connectivity index (χ0v) is 15.0. The Hall–Kier alpha value is -2.58. The minimum absolute atomic E-state index is 0.0367. The van der Waals surface area contributed by atoms with E-state index >= 15 is 0 Å². The maximum atomic E-state index is 13.3. The monoisotopic (exact) mass is 377 g/mol. The molecule has 1 aromatic heterocycles. The SMILES string of the molecule is Cc1nn(-c2ccccc2)c(C)c1CNS(=O)(=O)c1cc(F)cc(F)c1. The Morgan fingerprint density at radius 3 is 2.27 bits per heavy atom. The second-order valence-electron chi connectivity index (χ2n) is 5.83. The molecule has 0 amide bonds. The third-order valence-corrected chi connectivity index (χ3v) is 5.41. The van der Waals surface area contributed by atoms with Crippen molar-refractivity contribution in [1.29, 1.82) is 0 Å². The fourth-order valence-electron chi connectivity index (χ4n) is 2.69. The highest BCUT2D eigenvalue weighted by molar-refractivity contribution is 7.89. The molecule has 0 saturated carbocycles. The molecule has 0 spiro atoms. The zero-order chi connectivity index (χ0) is 18.9. The Kier molecular flexibility index (Phi) is 4.88. The van der Waals surface area contributed by atoms with Gasteiger partial charge in [-0.25, -0.2) is 26.6 Å². The van der Waals surface area contributed by atoms with Gasteiger partial charge >= 0.3 is 0 Å². The molecule has 0 radical (unpaired) electrons. The van der Waals surface area contributed by atoms with E-state index in [0.29, 0.717) is 17.3 Å². The Bertz CT molecular complexity index is 1030. The number of halogens is 2. The number of sulfonamides is 1. The molecule has 3 aromatic rings. The third-order valence-electron chi connectivity index (χ3n) is 4.03. The Balaban J connectivity index is 1.87. The summed E-state index contributed by atoms with van der Waals surface area (Å²) in [6.45, 7) is 3.57. The minimum Gasteiger partial charge on any atom is -0.238 e. The van der Waals surface area contributed by atoms with Crippen LogP contribution in [0.25, 0.3) is 5.69 Å². The second kappa shape index (κ2) is 6.97. The van der Waals surface area contributed by atoms with Crippen LogP contribution in [-0.2, 0) is 16.6 Å². The van der Waals surface area contributed by atoms with Crippen LogP contribution in [0.4, 0.5) is 8.78 Å². The predicted molar refractivity (Wildman–Crippen MR) is 93.4 cm³/mol. The number of hydrogen-bond acceptors (Lipinski definition) is 3. The van der Waals surface area contributed by atoms with Crippen LogP contribution in [-0.4, -0.2) is 18.2 Å². The number of hydrogen-bond donors (Lipinski definition) is 1. The molecule has 0 saturated heterocycles. The number of aromatic nitrogens is 2. The van der Waals surface area contributed by atoms with Crippen LogP contribution in [0.1, 0.15) is 17.0 Å². The number of aryl methyl sites for hydroxylation is 1. The van der Waals surface area contributed by atoms with Crippen molar-refractivity contribution in [3.05, 3.63) is 77.1 Å². The summed E-state index contributed by atoms with van der Waals surface area (Å²) in [5, 5.41) is 4.44. The molecular weight excluding hydrogens is 360 g/mol. The molecule has 8 heteroatoms. The first-order chi connectivity index (χ1) is 12.3. The van der Waals surface area contributed by atoms with Crippen LogP contribution in [0, 0.1) is 25.5 Å². The quantitative estimate of drug-likeness (QED) is 0.742. The molecule has 0 fully saturated rings. The molecule has 136 valence electrons. The maximum absolute atomic E-state index is 13.3. The predicted octanol–water partition coefficient (Wildman–Crippen LogP) is 3.25. The summed E-state index contributed by atoms with van der Waals surface area (Å²) in [5.41, 5.74) is 3.00. The molecule has 0 unspecified atom stereocenters. The average molecular weight is 377 g/mol. The van der Waals surface area contributed by atoms with E-state index in [2.05, 4.69) is 9.82 Å². The lowest BCUT2D eigenvalue weighted by atomic mass is 10.2. The molecule has 2 aromatic carbocycles. The molecule has 0 atom stereocenters. The largest absolute Gasteiger partial charge is 0.241 e. The smallest absolute Gasteiger partial charge is 0.238 e. The lowest BCUT2D eigenvalue weighted by Crippen LogP contribution is -2.24. The molecule has 3 rings (SSSR count). The van der Waals surface area contributed by atoms with Gasteiger partial charge in [-0.3, -0.25) is 0 Å². The highest BCUT2D eigenvalue weighted by Crippen LogP contribution is 2.19. The first-order valence-corrected chi connectivity index (χ1v) is 9.32. The maximum Gasteiger partial charge on any atom is 0.241 e. The molecule has 1 heterocycles. The van der Waals surface area contributed by atoms with Gasteiger partial charge in [0.05, 0.1) is 16.3 Å². The normalized spacial score (nSPS) is 11.7. The van der Waals surface area contributed by atoms with Crippen LogP contribution in [0.5, 0.6) is 0 Å². The lowest BCUT2D eigenvalue weighted by molar-refractivity contribution is 0.561. The minimum atomic E-state index is -4.06. The second-order valence-corrected chi connectivity index (χ2v) is 7.59. The first kappa shape index (κ1) is 18.2. The summed E-state index contributed by atoms with van der Waals surface area (Å²) < 4.78 is 55.4. The van der Waals surface area contributed by atoms with Gasteiger partial charge in [0, 0.05) is 23.9 Å². The topological polar surface area (TPSA) is 64.0 Å². The van der Waals surface area contributed by atoms with Crippen molar-refractivity contribution in [3.8, 4) is 5.69 Å². The number of nitrogens with one attached hydrogen (secondary N) is 1. The molecule has 0 aliphatic heterocycles. The van der Waals surface area contributed by atoms with Gasteiger partial charge in [0.1, 0.15) is 11.6 Å². The van der Waals surface area contributed by atoms with Crippen LogP contribution < -0.4 is 4.72 Å². The highest BCUT2D eigenvalue weighted by atomic mass is 32.2. The zero-order valence-electron chi connectivity index (χ0n) is 14.2. The van der Waals surface area contributed by atoms with E-state index in [1.807, 2.05) is 37.3 Å². The Morgan fingerprint density at radius 2 is 1.65 bits per heavy atom. The van der Waals surface area contributed by atoms with Crippen molar-refractivity contribution in [2.75, 3.05) is 0 Å². The Labute approximate surface area is 150 Å². The molecule has 5 nitrogen and oxygen atoms in total. The molecule has 0 aliphatic carbocycles. The van der Waals surface area contributed by atoms with Crippen LogP contribution >= 0.6 is 0 Å². The van der Waals surface area contributed by atoms with Crippen molar-refractivity contribution >= 4 is 10.0 Å². The van der Waals surface area contributed by atoms with E-state index in [9.17, 15) is 17.2 Å². The fourth-order valence-corrected chi connectivity index (χ4v) is 3.72. The molecular formula is C18H17F2N3O2S. The van der Waals surface area contributed by atoms with E-state index in [0.717, 1.165) is 23.5 Å². The summed E-state index contributed by atoms with van der Waals surface area (Å²) in [5.74, 6) is -1.90. The van der Waals surface area contributed by atoms with E-state index in [1.54, 1.807) is 11.6 Å². The lowest BCUT2D eigenvalue weighted by Gasteiger charge is -2.08. The Morgan fingerprint density at radius 1 is 1.04 bits per heavy atom. The van der Waals surface area contributed by atoms with Gasteiger partial charge in [0.15, 0.2) is 0 Å². The highest BCUT2D eigenvalue weighted by Gasteiger charge is 2.19. The first-order valence-electron chi connectivity index (χ1n) is 7.84. The van der Waals surface area contributed by atoms with Gasteiger partial charge in [-0.2, -0.15) is 5.10 Å². The van der Waals surface area contributed by atoms with Crippen molar-refractivity contribution in [1.82, 2.24) is 14.5 Å². The molecule has 0 bridgehead atoms. The van der Waals surface area contributed by atoms with E-state index in [-0.39, 0.29) is 6.54 Å². The van der Waals surface area contributed by atoms with E-state index in [4.69, 9.17) is 0 Å². The van der Waals surface area contributed by atoms with Crippen LogP contribution in [0.15, 0.2) is 53.4 Å². The van der Waals surface area contributed by atoms with Crippen molar-refractivity contribution in [2.45, 2.75) is 25.3 Å². The van der Waals surface area contributed by atoms with Gasteiger partial charge in [0.2, 0.25) is 10.0 Å². The van der Waals surface area contributed by atoms with Crippen molar-refractivity contribution in [2.24, 2.45) is 0 Å². The number of para-hydroxylation sites is 1. The third kappa shape index (κ3) is 3.66. The van der Waals surface area contributed by atoms with E-state index in [1.165, 1.54) is 0 Å². The van der Waals surface area contributed by atoms with Gasteiger partial charge in [-0.1, -0.05) is 18.2 Å². The summed E-state index contributed by atoms with van der Waals surface area (Å²) in [7, 11) is -4.06. The van der Waals surface area contributed by atoms with Crippen molar-refractivity contribution in [3.63, 3.8) is 0 Å². The van der Waals surface area contributed by atoms with Crippen molar-refractivity contribution < 1.29 is 17.2 Å². The van der Waals surface area contributed by atoms with Gasteiger partial charge in [-0.15, -0.1) is 0 Å². The van der Waals surface area contributed by atoms with Gasteiger partial charge in [0.25, 0.3) is 0 Å². The molecule has 26 heavy (non-hydrogen) atoms. The molecule has 0 aliphatic rings. The number of nitrogens with zero attached hydrogens (tertiary/aromatic N) is 2. The fraction of sp³-hybridized carbons (Fsp3) is 0.167. The summed E-state index contributed by atoms with van der Waals surface area (Å²) in [6, 6.07) is 11.6. The van der Waals surface area contributed by atoms with Gasteiger partial charge in [-0.05, 0) is 38.1 Å². The van der Waals surface area contributed by atoms with Gasteiger partial charge < -0.3 is 0 Å². The standard InChI is InChI=1S/C18H17F2N3O2S/c1-12-18(13(2)23(22-12)16-6-4-3-5-7-16)11-21-26(24,25)17-9-14(19)8-15(20)10-17/h3-10,21H,11H2,1-2H3. The van der Waals surface area contributed by atoms with Crippen LogP contribution in [0.2, 0.25) is 0 Å². The summed E-state index contributed by atoms with van der Waals surface area (Å²) in [6.07, 6.45) is 0.